The lowest BCUT2D eigenvalue weighted by Gasteiger charge is -2.33. The van der Waals surface area contributed by atoms with Gasteiger partial charge in [0, 0.05) is 23.7 Å². The van der Waals surface area contributed by atoms with Crippen LogP contribution in [0, 0.1) is 5.82 Å². The van der Waals surface area contributed by atoms with Crippen LogP contribution >= 0.6 is 0 Å². The molecule has 0 bridgehead atoms. The van der Waals surface area contributed by atoms with Crippen molar-refractivity contribution in [1.82, 2.24) is 15.6 Å². The third-order valence-electron chi connectivity index (χ3n) is 6.37. The van der Waals surface area contributed by atoms with Gasteiger partial charge in [-0.2, -0.15) is 13.2 Å². The van der Waals surface area contributed by atoms with Gasteiger partial charge in [-0.3, -0.25) is 4.79 Å². The molecular formula is C24H26F7N3O3. The second kappa shape index (κ2) is 10.4. The van der Waals surface area contributed by atoms with Gasteiger partial charge in [-0.15, -0.1) is 0 Å². The first-order chi connectivity index (χ1) is 17.1. The quantitative estimate of drug-likeness (QED) is 0.422. The largest absolute Gasteiger partial charge is 0.489 e. The lowest BCUT2D eigenvalue weighted by molar-refractivity contribution is -0.266. The summed E-state index contributed by atoms with van der Waals surface area (Å²) in [4.78, 5) is 16.8. The molecule has 1 aliphatic heterocycles. The van der Waals surface area contributed by atoms with E-state index >= 15 is 0 Å². The Balaban J connectivity index is 2.21. The third kappa shape index (κ3) is 5.66. The molecule has 6 nitrogen and oxygen atoms in total. The molecule has 1 aromatic heterocycles. The lowest BCUT2D eigenvalue weighted by Crippen LogP contribution is -2.53. The van der Waals surface area contributed by atoms with Crippen LogP contribution in [-0.2, 0) is 15.8 Å². The molecule has 13 heteroatoms. The molecule has 0 spiro atoms. The molecule has 0 radical (unpaired) electrons. The van der Waals surface area contributed by atoms with Crippen LogP contribution in [0.3, 0.4) is 0 Å². The molecule has 0 saturated heterocycles. The number of pyridine rings is 1. The van der Waals surface area contributed by atoms with E-state index in [0.29, 0.717) is 0 Å². The number of nitrogens with zero attached hydrogens (tertiary/aromatic N) is 1. The second-order valence-corrected chi connectivity index (χ2v) is 9.17. The summed E-state index contributed by atoms with van der Waals surface area (Å²) < 4.78 is 101. The van der Waals surface area contributed by atoms with Crippen molar-refractivity contribution in [3.8, 4) is 17.0 Å². The molecular weight excluding hydrogens is 511 g/mol. The zero-order valence-electron chi connectivity index (χ0n) is 20.1. The minimum absolute atomic E-state index is 0.111. The molecule has 37 heavy (non-hydrogen) atoms. The molecule has 0 fully saturated rings. The van der Waals surface area contributed by atoms with Crippen LogP contribution in [0.1, 0.15) is 32.0 Å². The molecule has 2 heterocycles. The highest BCUT2D eigenvalue weighted by molar-refractivity contribution is 5.91. The van der Waals surface area contributed by atoms with Crippen LogP contribution in [0.2, 0.25) is 0 Å². The first-order valence-corrected chi connectivity index (χ1v) is 11.3. The Labute approximate surface area is 208 Å². The van der Waals surface area contributed by atoms with Crippen LogP contribution in [0.15, 0.2) is 30.3 Å². The zero-order valence-corrected chi connectivity index (χ0v) is 20.1. The monoisotopic (exact) mass is 537 g/mol. The number of hydrogen-bond donors (Lipinski definition) is 3. The topological polar surface area (TPSA) is 83.5 Å². The number of amides is 1. The average molecular weight is 537 g/mol. The summed E-state index contributed by atoms with van der Waals surface area (Å²) in [6.45, 7) is 1.11. The predicted molar refractivity (Wildman–Crippen MR) is 119 cm³/mol. The number of ether oxygens (including phenoxy) is 1. The molecule has 204 valence electrons. The first kappa shape index (κ1) is 28.6. The van der Waals surface area contributed by atoms with Crippen molar-refractivity contribution in [2.75, 3.05) is 19.7 Å². The van der Waals surface area contributed by atoms with Crippen molar-refractivity contribution in [1.29, 1.82) is 0 Å². The number of carbonyl (C=O) groups excluding carboxylic acids is 1. The Morgan fingerprint density at radius 1 is 1.19 bits per heavy atom. The fourth-order valence-electron chi connectivity index (χ4n) is 3.76. The smallest absolute Gasteiger partial charge is 0.424 e. The van der Waals surface area contributed by atoms with Gasteiger partial charge in [0.1, 0.15) is 35.5 Å². The molecule has 3 N–H and O–H groups in total. The van der Waals surface area contributed by atoms with Crippen molar-refractivity contribution in [2.45, 2.75) is 56.6 Å². The molecule has 1 aromatic carbocycles. The van der Waals surface area contributed by atoms with E-state index in [4.69, 9.17) is 4.74 Å². The van der Waals surface area contributed by atoms with Crippen LogP contribution in [0.4, 0.5) is 30.7 Å². The van der Waals surface area contributed by atoms with E-state index in [-0.39, 0.29) is 22.6 Å². The Hall–Kier alpha value is -2.93. The second-order valence-electron chi connectivity index (χ2n) is 9.17. The van der Waals surface area contributed by atoms with Crippen LogP contribution in [-0.4, -0.2) is 60.5 Å². The van der Waals surface area contributed by atoms with E-state index in [2.05, 4.69) is 10.3 Å². The lowest BCUT2D eigenvalue weighted by atomic mass is 9.81. The van der Waals surface area contributed by atoms with Gasteiger partial charge >= 0.3 is 6.18 Å². The van der Waals surface area contributed by atoms with Gasteiger partial charge in [0.05, 0.1) is 12.2 Å². The Morgan fingerprint density at radius 2 is 1.81 bits per heavy atom. The minimum atomic E-state index is -5.31. The van der Waals surface area contributed by atoms with Crippen LogP contribution in [0.5, 0.6) is 5.75 Å². The molecule has 0 saturated carbocycles. The highest BCUT2D eigenvalue weighted by atomic mass is 19.4. The maximum absolute atomic E-state index is 14.3. The molecule has 0 aliphatic carbocycles. The molecule has 1 aliphatic rings. The summed E-state index contributed by atoms with van der Waals surface area (Å²) in [7, 11) is 0. The molecule has 4 atom stereocenters. The number of hydrogen-bond acceptors (Lipinski definition) is 5. The first-order valence-electron chi connectivity index (χ1n) is 11.3. The van der Waals surface area contributed by atoms with Gasteiger partial charge in [0.2, 0.25) is 11.5 Å². The maximum Gasteiger partial charge on any atom is 0.424 e. The number of aromatic nitrogens is 1. The van der Waals surface area contributed by atoms with Crippen molar-refractivity contribution in [3.63, 3.8) is 0 Å². The summed E-state index contributed by atoms with van der Waals surface area (Å²) in [5.74, 6) is -1.70. The predicted octanol–water partition coefficient (Wildman–Crippen LogP) is 4.01. The highest BCUT2D eigenvalue weighted by Gasteiger charge is 2.57. The van der Waals surface area contributed by atoms with E-state index in [1.54, 1.807) is 0 Å². The van der Waals surface area contributed by atoms with Gasteiger partial charge in [-0.05, 0) is 51.1 Å². The standard InChI is InChI=1S/C24H26F7N3O3/c1-12(25)13(2)33-10-23(36,24(29,30)31)17-8-16-20(19(34-17)14-4-6-15(26)7-5-14)37-11-22(16,3)21(35)32-9-18(27)28/h4-8,12-13,18,33,36H,9-11H2,1-3H3,(H,32,35)/t12-,13?,22-,23-/m0/s1. The number of rotatable bonds is 9. The summed E-state index contributed by atoms with van der Waals surface area (Å²) in [5.41, 5.74) is -6.58. The Bertz CT molecular complexity index is 1130. The van der Waals surface area contributed by atoms with Crippen LogP contribution in [0.25, 0.3) is 11.3 Å². The third-order valence-corrected chi connectivity index (χ3v) is 6.37. The normalized spacial score (nSPS) is 20.6. The zero-order chi connectivity index (χ0) is 27.8. The molecule has 3 rings (SSSR count). The van der Waals surface area contributed by atoms with Gasteiger partial charge < -0.3 is 20.5 Å². The van der Waals surface area contributed by atoms with Crippen LogP contribution < -0.4 is 15.4 Å². The molecule has 2 aromatic rings. The highest BCUT2D eigenvalue weighted by Crippen LogP contribution is 2.48. The summed E-state index contributed by atoms with van der Waals surface area (Å²) in [6.07, 6.45) is -9.73. The fraction of sp³-hybridized carbons (Fsp3) is 0.500. The van der Waals surface area contributed by atoms with Crippen molar-refractivity contribution >= 4 is 5.91 Å². The number of alkyl halides is 6. The van der Waals surface area contributed by atoms with Gasteiger partial charge in [0.25, 0.3) is 6.43 Å². The summed E-state index contributed by atoms with van der Waals surface area (Å²) in [6, 6.07) is 4.26. The summed E-state index contributed by atoms with van der Waals surface area (Å²) in [5, 5.41) is 15.3. The number of benzene rings is 1. The number of aliphatic hydroxyl groups is 1. The molecule has 1 amide bonds. The van der Waals surface area contributed by atoms with Crippen molar-refractivity contribution < 1.29 is 45.4 Å². The van der Waals surface area contributed by atoms with Gasteiger partial charge in [-0.25, -0.2) is 22.5 Å². The average Bonchev–Trinajstić information content (AvgIpc) is 3.17. The maximum atomic E-state index is 14.3. The summed E-state index contributed by atoms with van der Waals surface area (Å²) >= 11 is 0. The van der Waals surface area contributed by atoms with Gasteiger partial charge in [0.15, 0.2) is 0 Å². The van der Waals surface area contributed by atoms with Gasteiger partial charge in [-0.1, -0.05) is 0 Å². The number of carbonyl (C=O) groups is 1. The number of halogens is 7. The number of nitrogens with one attached hydrogen (secondary N) is 2. The minimum Gasteiger partial charge on any atom is -0.489 e. The van der Waals surface area contributed by atoms with E-state index < -0.39 is 72.9 Å². The van der Waals surface area contributed by atoms with E-state index in [1.165, 1.54) is 26.0 Å². The Morgan fingerprint density at radius 3 is 2.35 bits per heavy atom. The van der Waals surface area contributed by atoms with Crippen molar-refractivity contribution in [3.05, 3.63) is 47.4 Å². The van der Waals surface area contributed by atoms with E-state index in [1.807, 2.05) is 5.32 Å². The fourth-order valence-corrected chi connectivity index (χ4v) is 3.76. The SMILES string of the molecule is CC(NC[C@](O)(c1cc2c(c(-c3ccc(F)cc3)n1)OC[C@]2(C)C(=O)NCC(F)F)C(F)(F)F)[C@H](C)F. The van der Waals surface area contributed by atoms with E-state index in [9.17, 15) is 40.6 Å². The van der Waals surface area contributed by atoms with Crippen molar-refractivity contribution in [2.24, 2.45) is 0 Å². The number of fused-ring (bicyclic) bond motifs is 1. The van der Waals surface area contributed by atoms with E-state index in [0.717, 1.165) is 25.1 Å². The molecule has 1 unspecified atom stereocenters. The Kier molecular flexibility index (Phi) is 8.08.